The molecule has 0 radical (unpaired) electrons. The number of carbonyl (C=O) groups excluding carboxylic acids is 2. The molecule has 6 heteroatoms. The molecule has 1 aliphatic rings. The molecular weight excluding hydrogens is 321 g/mol. The summed E-state index contributed by atoms with van der Waals surface area (Å²) in [4.78, 5) is 25.8. The zero-order valence-electron chi connectivity index (χ0n) is 13.7. The number of hydrogen-bond donors (Lipinski definition) is 2. The van der Waals surface area contributed by atoms with Gasteiger partial charge in [0.15, 0.2) is 0 Å². The SMILES string of the molecule is O=C(NCc1ccc(F)cc1)NC[C@@H]1CC(=O)N(c2ccccc2)C1. The van der Waals surface area contributed by atoms with Crippen molar-refractivity contribution in [2.24, 2.45) is 5.92 Å². The molecule has 25 heavy (non-hydrogen) atoms. The summed E-state index contributed by atoms with van der Waals surface area (Å²) in [6.45, 7) is 1.36. The van der Waals surface area contributed by atoms with Crippen LogP contribution in [0.2, 0.25) is 0 Å². The molecule has 0 bridgehead atoms. The molecule has 0 saturated carbocycles. The Balaban J connectivity index is 1.43. The van der Waals surface area contributed by atoms with Crippen LogP contribution in [0.25, 0.3) is 0 Å². The lowest BCUT2D eigenvalue weighted by atomic mass is 10.1. The average Bonchev–Trinajstić information content (AvgIpc) is 3.01. The molecular formula is C19H20FN3O2. The topological polar surface area (TPSA) is 61.4 Å². The van der Waals surface area contributed by atoms with E-state index in [1.54, 1.807) is 17.0 Å². The van der Waals surface area contributed by atoms with E-state index in [4.69, 9.17) is 0 Å². The molecule has 1 atom stereocenters. The van der Waals surface area contributed by atoms with E-state index < -0.39 is 0 Å². The number of urea groups is 1. The Labute approximate surface area is 145 Å². The largest absolute Gasteiger partial charge is 0.338 e. The third-order valence-electron chi connectivity index (χ3n) is 4.19. The van der Waals surface area contributed by atoms with Crippen molar-refractivity contribution in [3.8, 4) is 0 Å². The van der Waals surface area contributed by atoms with Crippen molar-refractivity contribution in [2.75, 3.05) is 18.0 Å². The maximum atomic E-state index is 12.8. The summed E-state index contributed by atoms with van der Waals surface area (Å²) >= 11 is 0. The van der Waals surface area contributed by atoms with Crippen LogP contribution in [-0.2, 0) is 11.3 Å². The van der Waals surface area contributed by atoms with Gasteiger partial charge in [-0.1, -0.05) is 30.3 Å². The first kappa shape index (κ1) is 17.0. The smallest absolute Gasteiger partial charge is 0.315 e. The molecule has 0 unspecified atom stereocenters. The van der Waals surface area contributed by atoms with Crippen LogP contribution in [-0.4, -0.2) is 25.0 Å². The zero-order valence-corrected chi connectivity index (χ0v) is 13.7. The molecule has 1 heterocycles. The van der Waals surface area contributed by atoms with Crippen molar-refractivity contribution in [1.82, 2.24) is 10.6 Å². The number of benzene rings is 2. The van der Waals surface area contributed by atoms with Gasteiger partial charge >= 0.3 is 6.03 Å². The van der Waals surface area contributed by atoms with E-state index in [-0.39, 0.29) is 23.7 Å². The van der Waals surface area contributed by atoms with E-state index in [1.807, 2.05) is 30.3 Å². The molecule has 2 aromatic rings. The summed E-state index contributed by atoms with van der Waals surface area (Å²) in [6, 6.07) is 15.2. The first-order valence-electron chi connectivity index (χ1n) is 8.23. The minimum atomic E-state index is -0.304. The van der Waals surface area contributed by atoms with Gasteiger partial charge in [-0.05, 0) is 29.8 Å². The lowest BCUT2D eigenvalue weighted by Crippen LogP contribution is -2.38. The summed E-state index contributed by atoms with van der Waals surface area (Å²) in [7, 11) is 0. The minimum absolute atomic E-state index is 0.0738. The zero-order chi connectivity index (χ0) is 17.6. The predicted molar refractivity (Wildman–Crippen MR) is 93.5 cm³/mol. The van der Waals surface area contributed by atoms with Crippen LogP contribution >= 0.6 is 0 Å². The average molecular weight is 341 g/mol. The number of amides is 3. The quantitative estimate of drug-likeness (QED) is 0.878. The van der Waals surface area contributed by atoms with E-state index >= 15 is 0 Å². The maximum absolute atomic E-state index is 12.8. The van der Waals surface area contributed by atoms with Gasteiger partial charge < -0.3 is 15.5 Å². The predicted octanol–water partition coefficient (Wildman–Crippen LogP) is 2.68. The molecule has 3 amide bonds. The van der Waals surface area contributed by atoms with Crippen molar-refractivity contribution in [2.45, 2.75) is 13.0 Å². The number of anilines is 1. The highest BCUT2D eigenvalue weighted by Crippen LogP contribution is 2.24. The van der Waals surface area contributed by atoms with Gasteiger partial charge in [0.2, 0.25) is 5.91 Å². The van der Waals surface area contributed by atoms with E-state index in [1.165, 1.54) is 12.1 Å². The number of carbonyl (C=O) groups is 2. The summed E-state index contributed by atoms with van der Waals surface area (Å²) in [6.07, 6.45) is 0.424. The van der Waals surface area contributed by atoms with Gasteiger partial charge in [0, 0.05) is 37.7 Å². The Hall–Kier alpha value is -2.89. The van der Waals surface area contributed by atoms with E-state index in [9.17, 15) is 14.0 Å². The summed E-state index contributed by atoms with van der Waals surface area (Å²) in [5.74, 6) is -0.143. The first-order valence-corrected chi connectivity index (χ1v) is 8.23. The second kappa shape index (κ2) is 7.79. The molecule has 0 aromatic heterocycles. The molecule has 1 aliphatic heterocycles. The van der Waals surface area contributed by atoms with Gasteiger partial charge in [0.05, 0.1) is 0 Å². The van der Waals surface area contributed by atoms with Crippen LogP contribution < -0.4 is 15.5 Å². The van der Waals surface area contributed by atoms with Crippen molar-refractivity contribution in [3.63, 3.8) is 0 Å². The van der Waals surface area contributed by atoms with E-state index in [0.29, 0.717) is 26.1 Å². The van der Waals surface area contributed by atoms with Crippen molar-refractivity contribution >= 4 is 17.6 Å². The number of rotatable bonds is 5. The van der Waals surface area contributed by atoms with Crippen molar-refractivity contribution in [1.29, 1.82) is 0 Å². The maximum Gasteiger partial charge on any atom is 0.315 e. The lowest BCUT2D eigenvalue weighted by molar-refractivity contribution is -0.117. The van der Waals surface area contributed by atoms with Crippen LogP contribution in [0.15, 0.2) is 54.6 Å². The Morgan fingerprint density at radius 3 is 2.52 bits per heavy atom. The van der Waals surface area contributed by atoms with Gasteiger partial charge in [-0.2, -0.15) is 0 Å². The molecule has 0 aliphatic carbocycles. The molecule has 3 rings (SSSR count). The fraction of sp³-hybridized carbons (Fsp3) is 0.263. The van der Waals surface area contributed by atoms with Crippen molar-refractivity contribution < 1.29 is 14.0 Å². The van der Waals surface area contributed by atoms with Crippen LogP contribution in [0.1, 0.15) is 12.0 Å². The fourth-order valence-corrected chi connectivity index (χ4v) is 2.86. The highest BCUT2D eigenvalue weighted by atomic mass is 19.1. The van der Waals surface area contributed by atoms with Gasteiger partial charge in [-0.25, -0.2) is 9.18 Å². The monoisotopic (exact) mass is 341 g/mol. The molecule has 0 spiro atoms. The normalized spacial score (nSPS) is 16.8. The highest BCUT2D eigenvalue weighted by Gasteiger charge is 2.30. The summed E-state index contributed by atoms with van der Waals surface area (Å²) in [5, 5.41) is 5.52. The third kappa shape index (κ3) is 4.56. The van der Waals surface area contributed by atoms with Crippen LogP contribution in [0, 0.1) is 11.7 Å². The minimum Gasteiger partial charge on any atom is -0.338 e. The van der Waals surface area contributed by atoms with Crippen LogP contribution in [0.4, 0.5) is 14.9 Å². The van der Waals surface area contributed by atoms with Crippen molar-refractivity contribution in [3.05, 3.63) is 66.0 Å². The number of hydrogen-bond acceptors (Lipinski definition) is 2. The molecule has 5 nitrogen and oxygen atoms in total. The first-order chi connectivity index (χ1) is 12.1. The Morgan fingerprint density at radius 1 is 1.08 bits per heavy atom. The third-order valence-corrected chi connectivity index (χ3v) is 4.19. The van der Waals surface area contributed by atoms with E-state index in [0.717, 1.165) is 11.3 Å². The standard InChI is InChI=1S/C19H20FN3O2/c20-16-8-6-14(7-9-16)11-21-19(25)22-12-15-10-18(24)23(13-15)17-4-2-1-3-5-17/h1-9,15H,10-13H2,(H2,21,22,25)/t15-/m0/s1. The fourth-order valence-electron chi connectivity index (χ4n) is 2.86. The van der Waals surface area contributed by atoms with Crippen LogP contribution in [0.5, 0.6) is 0 Å². The number of halogens is 1. The lowest BCUT2D eigenvalue weighted by Gasteiger charge is -2.17. The number of nitrogens with zero attached hydrogens (tertiary/aromatic N) is 1. The van der Waals surface area contributed by atoms with Crippen LogP contribution in [0.3, 0.4) is 0 Å². The highest BCUT2D eigenvalue weighted by molar-refractivity contribution is 5.95. The van der Waals surface area contributed by atoms with Gasteiger partial charge in [-0.15, -0.1) is 0 Å². The van der Waals surface area contributed by atoms with Gasteiger partial charge in [0.25, 0.3) is 0 Å². The summed E-state index contributed by atoms with van der Waals surface area (Å²) < 4.78 is 12.8. The second-order valence-electron chi connectivity index (χ2n) is 6.10. The number of para-hydroxylation sites is 1. The van der Waals surface area contributed by atoms with Gasteiger partial charge in [0.1, 0.15) is 5.82 Å². The molecule has 1 saturated heterocycles. The molecule has 1 fully saturated rings. The van der Waals surface area contributed by atoms with E-state index in [2.05, 4.69) is 10.6 Å². The Kier molecular flexibility index (Phi) is 5.28. The molecule has 130 valence electrons. The molecule has 2 N–H and O–H groups in total. The Morgan fingerprint density at radius 2 is 1.80 bits per heavy atom. The Bertz CT molecular complexity index is 734. The molecule has 2 aromatic carbocycles. The van der Waals surface area contributed by atoms with Gasteiger partial charge in [-0.3, -0.25) is 4.79 Å². The summed E-state index contributed by atoms with van der Waals surface area (Å²) in [5.41, 5.74) is 1.71. The number of nitrogens with one attached hydrogen (secondary N) is 2. The second-order valence-corrected chi connectivity index (χ2v) is 6.10.